The number of nitrogens with zero attached hydrogens (tertiary/aromatic N) is 3. The normalized spacial score (nSPS) is 10.4. The molecule has 88 valence electrons. The van der Waals surface area contributed by atoms with E-state index in [0.29, 0.717) is 6.42 Å². The van der Waals surface area contributed by atoms with Gasteiger partial charge in [-0.05, 0) is 24.1 Å². The Labute approximate surface area is 96.5 Å². The lowest BCUT2D eigenvalue weighted by atomic mass is 10.1. The van der Waals surface area contributed by atoms with E-state index in [9.17, 15) is 9.18 Å². The molecule has 0 radical (unpaired) electrons. The van der Waals surface area contributed by atoms with Gasteiger partial charge in [0.2, 0.25) is 0 Å². The van der Waals surface area contributed by atoms with Gasteiger partial charge in [-0.25, -0.2) is 14.1 Å². The zero-order valence-electron chi connectivity index (χ0n) is 8.88. The Balaban J connectivity index is 2.27. The van der Waals surface area contributed by atoms with E-state index in [1.165, 1.54) is 23.4 Å². The summed E-state index contributed by atoms with van der Waals surface area (Å²) in [5.41, 5.74) is 1.02. The van der Waals surface area contributed by atoms with Crippen LogP contribution in [0.3, 0.4) is 0 Å². The molecule has 0 saturated carbocycles. The van der Waals surface area contributed by atoms with Crippen LogP contribution in [-0.2, 0) is 11.2 Å². The zero-order chi connectivity index (χ0) is 12.3. The fourth-order valence-corrected chi connectivity index (χ4v) is 1.47. The Hall–Kier alpha value is -2.24. The van der Waals surface area contributed by atoms with Crippen LogP contribution in [-0.4, -0.2) is 25.8 Å². The second-order valence-corrected chi connectivity index (χ2v) is 3.52. The van der Waals surface area contributed by atoms with E-state index >= 15 is 0 Å². The van der Waals surface area contributed by atoms with Crippen molar-refractivity contribution in [2.24, 2.45) is 0 Å². The number of aliphatic carboxylic acids is 1. The molecule has 1 N–H and O–H groups in total. The van der Waals surface area contributed by atoms with Gasteiger partial charge in [-0.15, -0.1) is 0 Å². The second kappa shape index (κ2) is 4.73. The molecule has 0 amide bonds. The first kappa shape index (κ1) is 11.3. The number of carboxylic acid groups (broad SMARTS) is 1. The van der Waals surface area contributed by atoms with Gasteiger partial charge in [0, 0.05) is 6.42 Å². The number of carbonyl (C=O) groups is 1. The lowest BCUT2D eigenvalue weighted by Crippen LogP contribution is -2.02. The number of aryl methyl sites for hydroxylation is 1. The molecule has 1 aromatic carbocycles. The van der Waals surface area contributed by atoms with Gasteiger partial charge in [0.15, 0.2) is 0 Å². The van der Waals surface area contributed by atoms with Crippen LogP contribution in [0.15, 0.2) is 30.9 Å². The van der Waals surface area contributed by atoms with Crippen molar-refractivity contribution in [2.45, 2.75) is 12.8 Å². The van der Waals surface area contributed by atoms with E-state index in [2.05, 4.69) is 10.1 Å². The molecule has 2 rings (SSSR count). The van der Waals surface area contributed by atoms with Crippen molar-refractivity contribution in [1.82, 2.24) is 14.8 Å². The quantitative estimate of drug-likeness (QED) is 0.870. The summed E-state index contributed by atoms with van der Waals surface area (Å²) in [5.74, 6) is -1.30. The molecular formula is C11H10FN3O2. The molecule has 0 fully saturated rings. The fraction of sp³-hybridized carbons (Fsp3) is 0.182. The molecule has 5 nitrogen and oxygen atoms in total. The minimum atomic E-state index is -0.878. The van der Waals surface area contributed by atoms with E-state index in [1.54, 1.807) is 12.1 Å². The van der Waals surface area contributed by atoms with Crippen molar-refractivity contribution >= 4 is 5.97 Å². The Morgan fingerprint density at radius 3 is 2.94 bits per heavy atom. The van der Waals surface area contributed by atoms with Gasteiger partial charge in [-0.2, -0.15) is 5.10 Å². The predicted octanol–water partition coefficient (Wildman–Crippen LogP) is 1.42. The van der Waals surface area contributed by atoms with Crippen LogP contribution in [0.5, 0.6) is 0 Å². The molecule has 0 aliphatic carbocycles. The first-order chi connectivity index (χ1) is 8.16. The molecule has 1 heterocycles. The minimum Gasteiger partial charge on any atom is -0.481 e. The van der Waals surface area contributed by atoms with Gasteiger partial charge in [0.1, 0.15) is 24.2 Å². The first-order valence-electron chi connectivity index (χ1n) is 5.02. The van der Waals surface area contributed by atoms with E-state index in [-0.39, 0.29) is 12.1 Å². The first-order valence-corrected chi connectivity index (χ1v) is 5.02. The van der Waals surface area contributed by atoms with Crippen LogP contribution in [0.4, 0.5) is 4.39 Å². The molecule has 0 saturated heterocycles. The number of hydrogen-bond acceptors (Lipinski definition) is 3. The van der Waals surface area contributed by atoms with Gasteiger partial charge in [-0.3, -0.25) is 4.79 Å². The van der Waals surface area contributed by atoms with Crippen LogP contribution >= 0.6 is 0 Å². The highest BCUT2D eigenvalue weighted by atomic mass is 19.1. The fourth-order valence-electron chi connectivity index (χ4n) is 1.47. The smallest absolute Gasteiger partial charge is 0.303 e. The van der Waals surface area contributed by atoms with Gasteiger partial charge in [-0.1, -0.05) is 6.07 Å². The summed E-state index contributed by atoms with van der Waals surface area (Å²) >= 11 is 0. The van der Waals surface area contributed by atoms with Crippen LogP contribution in [0.1, 0.15) is 12.0 Å². The van der Waals surface area contributed by atoms with E-state index < -0.39 is 11.8 Å². The zero-order valence-corrected chi connectivity index (χ0v) is 8.88. The molecule has 0 spiro atoms. The van der Waals surface area contributed by atoms with Crippen LogP contribution < -0.4 is 0 Å². The average molecular weight is 235 g/mol. The number of hydrogen-bond donors (Lipinski definition) is 1. The van der Waals surface area contributed by atoms with Crippen molar-refractivity contribution in [2.75, 3.05) is 0 Å². The summed E-state index contributed by atoms with van der Waals surface area (Å²) in [4.78, 5) is 14.2. The molecule has 2 aromatic rings. The monoisotopic (exact) mass is 235 g/mol. The summed E-state index contributed by atoms with van der Waals surface area (Å²) < 4.78 is 14.8. The van der Waals surface area contributed by atoms with E-state index in [1.807, 2.05) is 0 Å². The van der Waals surface area contributed by atoms with Crippen molar-refractivity contribution < 1.29 is 14.3 Å². The third kappa shape index (κ3) is 2.66. The lowest BCUT2D eigenvalue weighted by molar-refractivity contribution is -0.136. The Morgan fingerprint density at radius 2 is 2.29 bits per heavy atom. The SMILES string of the molecule is O=C(O)CCc1ccc(F)c(-n2cncn2)c1. The van der Waals surface area contributed by atoms with Crippen LogP contribution in [0, 0.1) is 5.82 Å². The number of aromatic nitrogens is 3. The minimum absolute atomic E-state index is 0.0163. The Morgan fingerprint density at radius 1 is 1.47 bits per heavy atom. The van der Waals surface area contributed by atoms with Gasteiger partial charge >= 0.3 is 5.97 Å². The van der Waals surface area contributed by atoms with Crippen molar-refractivity contribution in [3.8, 4) is 5.69 Å². The third-order valence-corrected chi connectivity index (χ3v) is 2.30. The number of benzene rings is 1. The second-order valence-electron chi connectivity index (χ2n) is 3.52. The maximum absolute atomic E-state index is 13.5. The molecule has 0 atom stereocenters. The highest BCUT2D eigenvalue weighted by molar-refractivity contribution is 5.67. The maximum atomic E-state index is 13.5. The number of rotatable bonds is 4. The molecule has 17 heavy (non-hydrogen) atoms. The molecule has 6 heteroatoms. The van der Waals surface area contributed by atoms with Gasteiger partial charge in [0.05, 0.1) is 0 Å². The molecule has 1 aromatic heterocycles. The Bertz CT molecular complexity index is 526. The summed E-state index contributed by atoms with van der Waals surface area (Å²) in [5, 5.41) is 12.4. The topological polar surface area (TPSA) is 68.0 Å². The molecule has 0 aliphatic heterocycles. The van der Waals surface area contributed by atoms with Crippen LogP contribution in [0.2, 0.25) is 0 Å². The highest BCUT2D eigenvalue weighted by Gasteiger charge is 2.07. The Kier molecular flexibility index (Phi) is 3.13. The molecular weight excluding hydrogens is 225 g/mol. The molecule has 0 aliphatic rings. The average Bonchev–Trinajstić information content (AvgIpc) is 2.81. The maximum Gasteiger partial charge on any atom is 0.303 e. The highest BCUT2D eigenvalue weighted by Crippen LogP contribution is 2.15. The lowest BCUT2D eigenvalue weighted by Gasteiger charge is -2.05. The van der Waals surface area contributed by atoms with Crippen molar-refractivity contribution in [1.29, 1.82) is 0 Å². The molecule has 0 bridgehead atoms. The standard InChI is InChI=1S/C11H10FN3O2/c12-9-3-1-8(2-4-11(16)17)5-10(9)15-7-13-6-14-15/h1,3,5-7H,2,4H2,(H,16,17). The number of carboxylic acids is 1. The van der Waals surface area contributed by atoms with E-state index in [0.717, 1.165) is 5.56 Å². The summed E-state index contributed by atoms with van der Waals surface area (Å²) in [7, 11) is 0. The van der Waals surface area contributed by atoms with Crippen LogP contribution in [0.25, 0.3) is 5.69 Å². The van der Waals surface area contributed by atoms with Crippen molar-refractivity contribution in [3.63, 3.8) is 0 Å². The summed E-state index contributed by atoms with van der Waals surface area (Å²) in [6, 6.07) is 4.44. The summed E-state index contributed by atoms with van der Waals surface area (Å²) in [6.07, 6.45) is 3.07. The molecule has 0 unspecified atom stereocenters. The van der Waals surface area contributed by atoms with E-state index in [4.69, 9.17) is 5.11 Å². The van der Waals surface area contributed by atoms with Crippen molar-refractivity contribution in [3.05, 3.63) is 42.2 Å². The van der Waals surface area contributed by atoms with Gasteiger partial charge < -0.3 is 5.11 Å². The summed E-state index contributed by atoms with van der Waals surface area (Å²) in [6.45, 7) is 0. The van der Waals surface area contributed by atoms with Gasteiger partial charge in [0.25, 0.3) is 0 Å². The largest absolute Gasteiger partial charge is 0.481 e. The third-order valence-electron chi connectivity index (χ3n) is 2.30. The predicted molar refractivity (Wildman–Crippen MR) is 57.3 cm³/mol. The number of halogens is 1.